The first-order chi connectivity index (χ1) is 19.3. The van der Waals surface area contributed by atoms with Gasteiger partial charge in [0.15, 0.2) is 0 Å². The van der Waals surface area contributed by atoms with Gasteiger partial charge in [0.25, 0.3) is 5.91 Å². The van der Waals surface area contributed by atoms with E-state index in [4.69, 9.17) is 16.3 Å². The maximum Gasteiger partial charge on any atom is 0.326 e. The molecular formula is C33H32ClNO4S. The third-order valence-electron chi connectivity index (χ3n) is 6.65. The Bertz CT molecular complexity index is 1450. The number of aliphatic carboxylic acids is 1. The summed E-state index contributed by atoms with van der Waals surface area (Å²) in [4.78, 5) is 25.0. The predicted octanol–water partition coefficient (Wildman–Crippen LogP) is 7.83. The van der Waals surface area contributed by atoms with Crippen molar-refractivity contribution >= 4 is 35.2 Å². The molecule has 0 aliphatic rings. The van der Waals surface area contributed by atoms with E-state index in [1.54, 1.807) is 23.9 Å². The molecule has 0 aromatic heterocycles. The van der Waals surface area contributed by atoms with Crippen molar-refractivity contribution in [2.45, 2.75) is 32.2 Å². The van der Waals surface area contributed by atoms with Crippen LogP contribution >= 0.6 is 23.4 Å². The van der Waals surface area contributed by atoms with E-state index in [9.17, 15) is 14.7 Å². The maximum atomic E-state index is 13.3. The molecule has 0 heterocycles. The third kappa shape index (κ3) is 7.90. The summed E-state index contributed by atoms with van der Waals surface area (Å²) in [5, 5.41) is 13.0. The lowest BCUT2D eigenvalue weighted by molar-refractivity contribution is -0.139. The zero-order valence-electron chi connectivity index (χ0n) is 22.5. The second-order valence-corrected chi connectivity index (χ2v) is 11.0. The Kier molecular flexibility index (Phi) is 10.3. The molecule has 4 aromatic rings. The van der Waals surface area contributed by atoms with Crippen LogP contribution in [-0.4, -0.2) is 35.0 Å². The van der Waals surface area contributed by atoms with Crippen LogP contribution in [0.3, 0.4) is 0 Å². The molecule has 206 valence electrons. The van der Waals surface area contributed by atoms with Crippen LogP contribution in [0, 0.1) is 6.92 Å². The SMILES string of the molecule is CSCCC(NC(=O)c1ccc(CCc2ccc(Oc3ccc(Cl)cc3)cc2)cc1-c1ccccc1C)C(=O)O. The molecule has 1 atom stereocenters. The number of hydrogen-bond donors (Lipinski definition) is 2. The van der Waals surface area contributed by atoms with E-state index >= 15 is 0 Å². The van der Waals surface area contributed by atoms with Crippen molar-refractivity contribution in [1.29, 1.82) is 0 Å². The lowest BCUT2D eigenvalue weighted by Crippen LogP contribution is -2.41. The number of amides is 1. The average molecular weight is 574 g/mol. The van der Waals surface area contributed by atoms with Gasteiger partial charge < -0.3 is 15.2 Å². The average Bonchev–Trinajstić information content (AvgIpc) is 2.96. The number of carboxylic acid groups (broad SMARTS) is 1. The lowest BCUT2D eigenvalue weighted by atomic mass is 9.92. The molecule has 0 aliphatic heterocycles. The number of carbonyl (C=O) groups is 2. The van der Waals surface area contributed by atoms with E-state index in [0.717, 1.165) is 46.6 Å². The third-order valence-corrected chi connectivity index (χ3v) is 7.55. The van der Waals surface area contributed by atoms with E-state index < -0.39 is 12.0 Å². The number of aryl methyl sites for hydroxylation is 3. The number of carboxylic acids is 1. The fourth-order valence-corrected chi connectivity index (χ4v) is 5.02. The number of rotatable bonds is 12. The van der Waals surface area contributed by atoms with Crippen molar-refractivity contribution in [3.8, 4) is 22.6 Å². The van der Waals surface area contributed by atoms with E-state index in [2.05, 4.69) is 17.4 Å². The highest BCUT2D eigenvalue weighted by atomic mass is 35.5. The van der Waals surface area contributed by atoms with Gasteiger partial charge in [-0.15, -0.1) is 0 Å². The molecule has 40 heavy (non-hydrogen) atoms. The summed E-state index contributed by atoms with van der Waals surface area (Å²) in [7, 11) is 0. The molecule has 0 aliphatic carbocycles. The minimum absolute atomic E-state index is 0.365. The summed E-state index contributed by atoms with van der Waals surface area (Å²) < 4.78 is 5.89. The van der Waals surface area contributed by atoms with Gasteiger partial charge in [-0.1, -0.05) is 60.1 Å². The molecule has 7 heteroatoms. The van der Waals surface area contributed by atoms with Gasteiger partial charge in [0.1, 0.15) is 17.5 Å². The lowest BCUT2D eigenvalue weighted by Gasteiger charge is -2.18. The van der Waals surface area contributed by atoms with Crippen molar-refractivity contribution < 1.29 is 19.4 Å². The molecule has 0 saturated carbocycles. The van der Waals surface area contributed by atoms with Gasteiger partial charge in [-0.2, -0.15) is 11.8 Å². The monoisotopic (exact) mass is 573 g/mol. The van der Waals surface area contributed by atoms with Gasteiger partial charge in [0, 0.05) is 10.6 Å². The topological polar surface area (TPSA) is 75.6 Å². The first kappa shape index (κ1) is 29.2. The van der Waals surface area contributed by atoms with Crippen LogP contribution in [0.4, 0.5) is 0 Å². The number of hydrogen-bond acceptors (Lipinski definition) is 4. The quantitative estimate of drug-likeness (QED) is 0.181. The normalized spacial score (nSPS) is 11.6. The number of benzene rings is 4. The van der Waals surface area contributed by atoms with Gasteiger partial charge in [-0.3, -0.25) is 4.79 Å². The van der Waals surface area contributed by atoms with Crippen molar-refractivity contribution in [3.63, 3.8) is 0 Å². The largest absolute Gasteiger partial charge is 0.480 e. The summed E-state index contributed by atoms with van der Waals surface area (Å²) in [5.74, 6) is 0.717. The van der Waals surface area contributed by atoms with E-state index in [1.807, 2.05) is 79.9 Å². The second kappa shape index (κ2) is 14.1. The van der Waals surface area contributed by atoms with E-state index in [-0.39, 0.29) is 5.91 Å². The van der Waals surface area contributed by atoms with E-state index in [1.165, 1.54) is 5.56 Å². The first-order valence-electron chi connectivity index (χ1n) is 13.1. The zero-order valence-corrected chi connectivity index (χ0v) is 24.1. The first-order valence-corrected chi connectivity index (χ1v) is 14.8. The molecule has 4 rings (SSSR count). The molecule has 0 bridgehead atoms. The number of halogens is 1. The van der Waals surface area contributed by atoms with Crippen LogP contribution in [-0.2, 0) is 17.6 Å². The molecule has 0 saturated heterocycles. The zero-order chi connectivity index (χ0) is 28.5. The fourth-order valence-electron chi connectivity index (χ4n) is 4.42. The minimum Gasteiger partial charge on any atom is -0.480 e. The molecule has 2 N–H and O–H groups in total. The summed E-state index contributed by atoms with van der Waals surface area (Å²) in [5.41, 5.74) is 5.52. The molecular weight excluding hydrogens is 542 g/mol. The molecule has 4 aromatic carbocycles. The van der Waals surface area contributed by atoms with Crippen molar-refractivity contribution in [2.75, 3.05) is 12.0 Å². The van der Waals surface area contributed by atoms with Crippen LogP contribution < -0.4 is 10.1 Å². The Morgan fingerprint density at radius 1 is 0.875 bits per heavy atom. The molecule has 1 amide bonds. The molecule has 5 nitrogen and oxygen atoms in total. The van der Waals surface area contributed by atoms with Gasteiger partial charge in [-0.25, -0.2) is 4.79 Å². The second-order valence-electron chi connectivity index (χ2n) is 9.54. The molecule has 0 spiro atoms. The smallest absolute Gasteiger partial charge is 0.326 e. The molecule has 0 radical (unpaired) electrons. The Morgan fingerprint density at radius 2 is 1.50 bits per heavy atom. The van der Waals surface area contributed by atoms with Crippen LogP contribution in [0.15, 0.2) is 91.0 Å². The highest BCUT2D eigenvalue weighted by Crippen LogP contribution is 2.29. The standard InChI is InChI=1S/C33H32ClNO4S/c1-22-5-3-4-6-28(22)30-21-24(11-18-29(30)32(36)35-31(33(37)38)19-20-40-2)8-7-23-9-14-26(15-10-23)39-27-16-12-25(34)13-17-27/h3-6,9-18,21,31H,7-8,19-20H2,1-2H3,(H,35,36)(H,37,38). The number of nitrogens with one attached hydrogen (secondary N) is 1. The minimum atomic E-state index is -1.03. The summed E-state index contributed by atoms with van der Waals surface area (Å²) in [6, 6.07) is 28.0. The van der Waals surface area contributed by atoms with Gasteiger partial charge in [0.2, 0.25) is 0 Å². The van der Waals surface area contributed by atoms with Crippen molar-refractivity contribution in [2.24, 2.45) is 0 Å². The maximum absolute atomic E-state index is 13.3. The Morgan fingerprint density at radius 3 is 2.15 bits per heavy atom. The molecule has 0 fully saturated rings. The number of thioether (sulfide) groups is 1. The number of carbonyl (C=O) groups excluding carboxylic acids is 1. The fraction of sp³-hybridized carbons (Fsp3) is 0.212. The van der Waals surface area contributed by atoms with Crippen LogP contribution in [0.5, 0.6) is 11.5 Å². The van der Waals surface area contributed by atoms with Gasteiger partial charge in [0.05, 0.1) is 0 Å². The van der Waals surface area contributed by atoms with Crippen LogP contribution in [0.1, 0.15) is 33.5 Å². The van der Waals surface area contributed by atoms with Crippen molar-refractivity contribution in [3.05, 3.63) is 118 Å². The van der Waals surface area contributed by atoms with Gasteiger partial charge in [-0.05, 0) is 108 Å². The molecule has 1 unspecified atom stereocenters. The Labute approximate surface area is 244 Å². The van der Waals surface area contributed by atoms with Crippen LogP contribution in [0.2, 0.25) is 5.02 Å². The highest BCUT2D eigenvalue weighted by molar-refractivity contribution is 7.98. The van der Waals surface area contributed by atoms with E-state index in [0.29, 0.717) is 22.8 Å². The van der Waals surface area contributed by atoms with Gasteiger partial charge >= 0.3 is 5.97 Å². The Balaban J connectivity index is 1.51. The Hall–Kier alpha value is -3.74. The summed E-state index contributed by atoms with van der Waals surface area (Å²) >= 11 is 7.50. The predicted molar refractivity (Wildman–Crippen MR) is 164 cm³/mol. The number of ether oxygens (including phenoxy) is 1. The summed E-state index contributed by atoms with van der Waals surface area (Å²) in [6.07, 6.45) is 3.88. The van der Waals surface area contributed by atoms with Crippen LogP contribution in [0.25, 0.3) is 11.1 Å². The summed E-state index contributed by atoms with van der Waals surface area (Å²) in [6.45, 7) is 2.01. The highest BCUT2D eigenvalue weighted by Gasteiger charge is 2.22. The van der Waals surface area contributed by atoms with Crippen molar-refractivity contribution in [1.82, 2.24) is 5.32 Å².